The van der Waals surface area contributed by atoms with Crippen LogP contribution < -0.4 is 0 Å². The number of aliphatic hydroxyl groups is 1. The van der Waals surface area contributed by atoms with Crippen molar-refractivity contribution in [3.8, 4) is 0 Å². The second kappa shape index (κ2) is 7.22. The molecule has 0 spiro atoms. The summed E-state index contributed by atoms with van der Waals surface area (Å²) in [6.07, 6.45) is 4.43. The van der Waals surface area contributed by atoms with Crippen molar-refractivity contribution in [1.82, 2.24) is 0 Å². The first kappa shape index (κ1) is 13.9. The highest BCUT2D eigenvalue weighted by Crippen LogP contribution is 2.18. The van der Waals surface area contributed by atoms with Gasteiger partial charge in [0.25, 0.3) is 0 Å². The maximum Gasteiger partial charge on any atom is 0.162 e. The van der Waals surface area contributed by atoms with E-state index in [1.165, 1.54) is 0 Å². The number of aliphatic hydroxyl groups excluding tert-OH is 1. The molecule has 0 radical (unpaired) electrons. The summed E-state index contributed by atoms with van der Waals surface area (Å²) in [5, 5.41) is 8.74. The van der Waals surface area contributed by atoms with Crippen LogP contribution in [0.4, 0.5) is 0 Å². The van der Waals surface area contributed by atoms with E-state index in [0.29, 0.717) is 13.2 Å². The lowest BCUT2D eigenvalue weighted by Gasteiger charge is -2.29. The van der Waals surface area contributed by atoms with Crippen molar-refractivity contribution in [2.45, 2.75) is 51.4 Å². The molecule has 96 valence electrons. The van der Waals surface area contributed by atoms with Crippen LogP contribution in [0.3, 0.4) is 0 Å². The summed E-state index contributed by atoms with van der Waals surface area (Å²) in [6.45, 7) is 5.60. The molecule has 1 atom stereocenters. The highest BCUT2D eigenvalue weighted by molar-refractivity contribution is 4.63. The molecule has 0 aromatic rings. The quantitative estimate of drug-likeness (QED) is 0.804. The lowest BCUT2D eigenvalue weighted by molar-refractivity contribution is -0.229. The fourth-order valence-corrected chi connectivity index (χ4v) is 1.74. The average molecular weight is 232 g/mol. The van der Waals surface area contributed by atoms with E-state index < -0.39 is 5.79 Å². The Balaban J connectivity index is 2.38. The Morgan fingerprint density at radius 1 is 1.25 bits per heavy atom. The third kappa shape index (κ3) is 5.80. The zero-order valence-electron chi connectivity index (χ0n) is 10.4. The lowest BCUT2D eigenvalue weighted by Crippen LogP contribution is -2.34. The van der Waals surface area contributed by atoms with Gasteiger partial charge in [-0.05, 0) is 26.7 Å². The van der Waals surface area contributed by atoms with Crippen LogP contribution in [0.1, 0.15) is 39.5 Å². The number of rotatable bonds is 3. The van der Waals surface area contributed by atoms with Crippen molar-refractivity contribution in [1.29, 1.82) is 0 Å². The molecule has 0 aliphatic carbocycles. The van der Waals surface area contributed by atoms with Crippen molar-refractivity contribution in [3.63, 3.8) is 0 Å². The predicted octanol–water partition coefficient (Wildman–Crippen LogP) is 1.71. The summed E-state index contributed by atoms with van der Waals surface area (Å²) in [4.78, 5) is 0. The molecule has 4 heteroatoms. The van der Waals surface area contributed by atoms with Crippen LogP contribution in [0.15, 0.2) is 0 Å². The minimum atomic E-state index is -0.530. The third-order valence-corrected chi connectivity index (χ3v) is 2.68. The molecular weight excluding hydrogens is 208 g/mol. The van der Waals surface area contributed by atoms with Crippen molar-refractivity contribution < 1.29 is 19.3 Å². The molecule has 1 saturated heterocycles. The molecule has 1 aliphatic rings. The van der Waals surface area contributed by atoms with Crippen molar-refractivity contribution in [2.24, 2.45) is 0 Å². The van der Waals surface area contributed by atoms with E-state index in [4.69, 9.17) is 19.3 Å². The molecule has 1 rings (SSSR count). The van der Waals surface area contributed by atoms with Gasteiger partial charge in [-0.25, -0.2) is 0 Å². The number of ether oxygens (including phenoxy) is 3. The van der Waals surface area contributed by atoms with Gasteiger partial charge in [-0.2, -0.15) is 0 Å². The molecule has 4 nitrogen and oxygen atoms in total. The second-order valence-corrected chi connectivity index (χ2v) is 4.63. The van der Waals surface area contributed by atoms with Crippen molar-refractivity contribution in [2.75, 3.05) is 26.4 Å². The molecule has 0 aromatic carbocycles. The van der Waals surface area contributed by atoms with Gasteiger partial charge in [-0.15, -0.1) is 0 Å². The lowest BCUT2D eigenvalue weighted by atomic mass is 10.1. The van der Waals surface area contributed by atoms with E-state index in [2.05, 4.69) is 0 Å². The van der Waals surface area contributed by atoms with E-state index in [1.54, 1.807) is 0 Å². The first-order valence-corrected chi connectivity index (χ1v) is 6.14. The average Bonchev–Trinajstić information content (AvgIpc) is 2.25. The topological polar surface area (TPSA) is 47.9 Å². The maximum absolute atomic E-state index is 8.74. The van der Waals surface area contributed by atoms with E-state index >= 15 is 0 Å². The standard InChI is InChI=1S/C12H24O4/c1-12(2)15-8-5-3-4-6-11(10-16-12)14-9-7-13/h11,13H,3-10H2,1-2H3. The van der Waals surface area contributed by atoms with Gasteiger partial charge < -0.3 is 19.3 Å². The Morgan fingerprint density at radius 2 is 2.06 bits per heavy atom. The summed E-state index contributed by atoms with van der Waals surface area (Å²) >= 11 is 0. The first-order valence-electron chi connectivity index (χ1n) is 6.14. The summed E-state index contributed by atoms with van der Waals surface area (Å²) in [6, 6.07) is 0. The Bertz CT molecular complexity index is 182. The second-order valence-electron chi connectivity index (χ2n) is 4.63. The van der Waals surface area contributed by atoms with Gasteiger partial charge in [0.15, 0.2) is 5.79 Å². The zero-order valence-corrected chi connectivity index (χ0v) is 10.4. The molecule has 1 aliphatic heterocycles. The maximum atomic E-state index is 8.74. The molecule has 0 saturated carbocycles. The van der Waals surface area contributed by atoms with Gasteiger partial charge in [0.2, 0.25) is 0 Å². The van der Waals surface area contributed by atoms with E-state index in [-0.39, 0.29) is 12.7 Å². The fraction of sp³-hybridized carbons (Fsp3) is 1.00. The van der Waals surface area contributed by atoms with Gasteiger partial charge >= 0.3 is 0 Å². The van der Waals surface area contributed by atoms with Crippen molar-refractivity contribution in [3.05, 3.63) is 0 Å². The minimum absolute atomic E-state index is 0.0659. The Kier molecular flexibility index (Phi) is 6.28. The molecule has 1 unspecified atom stereocenters. The van der Waals surface area contributed by atoms with E-state index in [0.717, 1.165) is 32.3 Å². The molecule has 1 N–H and O–H groups in total. The van der Waals surface area contributed by atoms with Crippen LogP contribution in [0, 0.1) is 0 Å². The Hall–Kier alpha value is -0.160. The van der Waals surface area contributed by atoms with Crippen LogP contribution >= 0.6 is 0 Å². The van der Waals surface area contributed by atoms with E-state index in [9.17, 15) is 0 Å². The van der Waals surface area contributed by atoms with E-state index in [1.807, 2.05) is 13.8 Å². The van der Waals surface area contributed by atoms with Crippen LogP contribution in [-0.4, -0.2) is 43.4 Å². The molecule has 0 amide bonds. The Morgan fingerprint density at radius 3 is 2.81 bits per heavy atom. The van der Waals surface area contributed by atoms with Crippen LogP contribution in [0.25, 0.3) is 0 Å². The van der Waals surface area contributed by atoms with Gasteiger partial charge in [-0.1, -0.05) is 12.8 Å². The zero-order chi connectivity index (χ0) is 11.9. The summed E-state index contributed by atoms with van der Waals surface area (Å²) < 4.78 is 16.8. The van der Waals surface area contributed by atoms with Gasteiger partial charge in [0, 0.05) is 6.61 Å². The highest BCUT2D eigenvalue weighted by Gasteiger charge is 2.22. The summed E-state index contributed by atoms with van der Waals surface area (Å²) in [5.41, 5.74) is 0. The fourth-order valence-electron chi connectivity index (χ4n) is 1.74. The van der Waals surface area contributed by atoms with Gasteiger partial charge in [-0.3, -0.25) is 0 Å². The number of hydrogen-bond acceptors (Lipinski definition) is 4. The monoisotopic (exact) mass is 232 g/mol. The number of hydrogen-bond donors (Lipinski definition) is 1. The molecular formula is C12H24O4. The molecule has 0 bridgehead atoms. The summed E-state index contributed by atoms with van der Waals surface area (Å²) in [5.74, 6) is -0.530. The van der Waals surface area contributed by atoms with Crippen LogP contribution in [0.5, 0.6) is 0 Å². The molecule has 16 heavy (non-hydrogen) atoms. The Labute approximate surface area is 97.9 Å². The smallest absolute Gasteiger partial charge is 0.162 e. The highest BCUT2D eigenvalue weighted by atomic mass is 16.7. The normalized spacial score (nSPS) is 27.6. The predicted molar refractivity (Wildman–Crippen MR) is 61.3 cm³/mol. The molecule has 1 fully saturated rings. The SMILES string of the molecule is CC1(C)OCCCCCC(OCCO)CO1. The van der Waals surface area contributed by atoms with Gasteiger partial charge in [0.05, 0.1) is 25.9 Å². The molecule has 1 heterocycles. The first-order chi connectivity index (χ1) is 7.64. The van der Waals surface area contributed by atoms with Crippen LogP contribution in [-0.2, 0) is 14.2 Å². The van der Waals surface area contributed by atoms with Gasteiger partial charge in [0.1, 0.15) is 0 Å². The third-order valence-electron chi connectivity index (χ3n) is 2.68. The minimum Gasteiger partial charge on any atom is -0.394 e. The molecule has 0 aromatic heterocycles. The van der Waals surface area contributed by atoms with Crippen molar-refractivity contribution >= 4 is 0 Å². The van der Waals surface area contributed by atoms with Crippen LogP contribution in [0.2, 0.25) is 0 Å². The largest absolute Gasteiger partial charge is 0.394 e. The summed E-state index contributed by atoms with van der Waals surface area (Å²) in [7, 11) is 0.